The van der Waals surface area contributed by atoms with Crippen molar-refractivity contribution in [3.05, 3.63) is 59.9 Å². The molecule has 0 saturated carbocycles. The normalized spacial score (nSPS) is 10.6. The van der Waals surface area contributed by atoms with Crippen LogP contribution in [0, 0.1) is 5.82 Å². The van der Waals surface area contributed by atoms with Crippen LogP contribution in [0.15, 0.2) is 53.7 Å². The van der Waals surface area contributed by atoms with Crippen LogP contribution in [-0.2, 0) is 5.75 Å². The fourth-order valence-corrected chi connectivity index (χ4v) is 2.79. The summed E-state index contributed by atoms with van der Waals surface area (Å²) in [6, 6.07) is 14.1. The molecule has 3 aromatic rings. The van der Waals surface area contributed by atoms with E-state index in [1.54, 1.807) is 23.9 Å². The van der Waals surface area contributed by atoms with Gasteiger partial charge in [-0.3, -0.25) is 0 Å². The molecule has 0 saturated heterocycles. The fraction of sp³-hybridized carbons (Fsp3) is 0.133. The van der Waals surface area contributed by atoms with Crippen LogP contribution in [-0.4, -0.2) is 27.3 Å². The van der Waals surface area contributed by atoms with Crippen molar-refractivity contribution in [1.82, 2.24) is 20.2 Å². The molecular weight excluding hydrogens is 303 g/mol. The highest BCUT2D eigenvalue weighted by Crippen LogP contribution is 2.24. The van der Waals surface area contributed by atoms with Crippen molar-refractivity contribution in [2.45, 2.75) is 10.9 Å². The van der Waals surface area contributed by atoms with E-state index < -0.39 is 0 Å². The molecule has 0 unspecified atom stereocenters. The first-order valence-electron chi connectivity index (χ1n) is 6.57. The predicted molar refractivity (Wildman–Crippen MR) is 81.7 cm³/mol. The van der Waals surface area contributed by atoms with E-state index in [2.05, 4.69) is 15.5 Å². The number of benzene rings is 2. The van der Waals surface area contributed by atoms with E-state index in [1.807, 2.05) is 30.3 Å². The van der Waals surface area contributed by atoms with E-state index in [-0.39, 0.29) is 5.82 Å². The quantitative estimate of drug-likeness (QED) is 0.677. The van der Waals surface area contributed by atoms with Gasteiger partial charge in [0.25, 0.3) is 0 Å². The highest BCUT2D eigenvalue weighted by Gasteiger charge is 2.10. The van der Waals surface area contributed by atoms with E-state index >= 15 is 0 Å². The van der Waals surface area contributed by atoms with Gasteiger partial charge in [0.15, 0.2) is 0 Å². The molecule has 0 bridgehead atoms. The highest BCUT2D eigenvalue weighted by molar-refractivity contribution is 7.98. The molecule has 0 aliphatic carbocycles. The number of hydrogen-bond acceptors (Lipinski definition) is 5. The number of nitrogens with zero attached hydrogens (tertiary/aromatic N) is 4. The third-order valence-corrected chi connectivity index (χ3v) is 4.04. The monoisotopic (exact) mass is 316 g/mol. The van der Waals surface area contributed by atoms with Gasteiger partial charge in [0.2, 0.25) is 5.16 Å². The zero-order chi connectivity index (χ0) is 15.4. The first-order chi connectivity index (χ1) is 10.8. The summed E-state index contributed by atoms with van der Waals surface area (Å²) in [4.78, 5) is 0. The molecule has 112 valence electrons. The third kappa shape index (κ3) is 3.09. The molecule has 2 aromatic carbocycles. The highest BCUT2D eigenvalue weighted by atomic mass is 32.2. The van der Waals surface area contributed by atoms with Gasteiger partial charge >= 0.3 is 0 Å². The van der Waals surface area contributed by atoms with Crippen molar-refractivity contribution in [2.24, 2.45) is 0 Å². The second-order valence-corrected chi connectivity index (χ2v) is 5.39. The number of halogens is 1. The molecule has 0 amide bonds. The van der Waals surface area contributed by atoms with Crippen molar-refractivity contribution in [2.75, 3.05) is 7.11 Å². The lowest BCUT2D eigenvalue weighted by atomic mass is 10.2. The van der Waals surface area contributed by atoms with Crippen LogP contribution in [0.5, 0.6) is 5.75 Å². The van der Waals surface area contributed by atoms with Gasteiger partial charge in [-0.1, -0.05) is 30.0 Å². The SMILES string of the molecule is COc1ccc(-n2nnnc2SCc2ccccc2F)cc1. The summed E-state index contributed by atoms with van der Waals surface area (Å²) >= 11 is 1.38. The molecular formula is C15H13FN4OS. The Morgan fingerprint density at radius 1 is 1.14 bits per heavy atom. The smallest absolute Gasteiger partial charge is 0.214 e. The van der Waals surface area contributed by atoms with Crippen LogP contribution < -0.4 is 4.74 Å². The van der Waals surface area contributed by atoms with E-state index in [4.69, 9.17) is 4.74 Å². The number of methoxy groups -OCH3 is 1. The Bertz CT molecular complexity index is 760. The van der Waals surface area contributed by atoms with E-state index in [0.29, 0.717) is 16.5 Å². The molecule has 1 heterocycles. The topological polar surface area (TPSA) is 52.8 Å². The van der Waals surface area contributed by atoms with Crippen LogP contribution in [0.1, 0.15) is 5.56 Å². The predicted octanol–water partition coefficient (Wildman–Crippen LogP) is 3.10. The summed E-state index contributed by atoms with van der Waals surface area (Å²) in [6.07, 6.45) is 0. The minimum absolute atomic E-state index is 0.224. The molecule has 0 spiro atoms. The van der Waals surface area contributed by atoms with Crippen LogP contribution in [0.3, 0.4) is 0 Å². The number of aromatic nitrogens is 4. The molecule has 5 nitrogen and oxygen atoms in total. The summed E-state index contributed by atoms with van der Waals surface area (Å²) in [7, 11) is 1.61. The maximum Gasteiger partial charge on any atom is 0.214 e. The summed E-state index contributed by atoms with van der Waals surface area (Å²) in [5.74, 6) is 0.999. The Morgan fingerprint density at radius 2 is 1.91 bits per heavy atom. The van der Waals surface area contributed by atoms with Crippen molar-refractivity contribution in [3.8, 4) is 11.4 Å². The number of thioether (sulfide) groups is 1. The van der Waals surface area contributed by atoms with Gasteiger partial charge in [0, 0.05) is 5.75 Å². The van der Waals surface area contributed by atoms with Gasteiger partial charge in [0.05, 0.1) is 12.8 Å². The zero-order valence-corrected chi connectivity index (χ0v) is 12.6. The van der Waals surface area contributed by atoms with E-state index in [1.165, 1.54) is 17.8 Å². The summed E-state index contributed by atoms with van der Waals surface area (Å²) in [5, 5.41) is 12.3. The van der Waals surface area contributed by atoms with Crippen LogP contribution in [0.4, 0.5) is 4.39 Å². The maximum absolute atomic E-state index is 13.6. The number of tetrazole rings is 1. The first-order valence-corrected chi connectivity index (χ1v) is 7.55. The van der Waals surface area contributed by atoms with Gasteiger partial charge in [-0.15, -0.1) is 5.10 Å². The first kappa shape index (κ1) is 14.5. The fourth-order valence-electron chi connectivity index (χ4n) is 1.91. The van der Waals surface area contributed by atoms with Crippen molar-refractivity contribution < 1.29 is 9.13 Å². The lowest BCUT2D eigenvalue weighted by Crippen LogP contribution is -1.99. The Balaban J connectivity index is 1.78. The molecule has 1 aromatic heterocycles. The van der Waals surface area contributed by atoms with Crippen LogP contribution >= 0.6 is 11.8 Å². The molecule has 0 N–H and O–H groups in total. The summed E-state index contributed by atoms with van der Waals surface area (Å²) in [6.45, 7) is 0. The van der Waals surface area contributed by atoms with Gasteiger partial charge < -0.3 is 4.74 Å². The number of rotatable bonds is 5. The molecule has 0 fully saturated rings. The van der Waals surface area contributed by atoms with Gasteiger partial charge in [-0.25, -0.2) is 4.39 Å². The Labute approximate surface area is 131 Å². The third-order valence-electron chi connectivity index (χ3n) is 3.07. The Morgan fingerprint density at radius 3 is 2.64 bits per heavy atom. The number of hydrogen-bond donors (Lipinski definition) is 0. The Hall–Kier alpha value is -2.41. The van der Waals surface area contributed by atoms with E-state index in [0.717, 1.165) is 11.4 Å². The molecule has 0 radical (unpaired) electrons. The molecule has 0 aliphatic heterocycles. The lowest BCUT2D eigenvalue weighted by molar-refractivity contribution is 0.414. The Kier molecular flexibility index (Phi) is 4.34. The zero-order valence-electron chi connectivity index (χ0n) is 11.8. The van der Waals surface area contributed by atoms with Crippen LogP contribution in [0.25, 0.3) is 5.69 Å². The van der Waals surface area contributed by atoms with Crippen molar-refractivity contribution >= 4 is 11.8 Å². The van der Waals surface area contributed by atoms with Gasteiger partial charge in [-0.2, -0.15) is 4.68 Å². The van der Waals surface area contributed by atoms with Crippen molar-refractivity contribution in [1.29, 1.82) is 0 Å². The lowest BCUT2D eigenvalue weighted by Gasteiger charge is -2.06. The van der Waals surface area contributed by atoms with Gasteiger partial charge in [0.1, 0.15) is 11.6 Å². The second-order valence-electron chi connectivity index (χ2n) is 4.45. The molecule has 3 rings (SSSR count). The van der Waals surface area contributed by atoms with Crippen molar-refractivity contribution in [3.63, 3.8) is 0 Å². The average molecular weight is 316 g/mol. The second kappa shape index (κ2) is 6.57. The molecule has 0 atom stereocenters. The molecule has 7 heteroatoms. The summed E-state index contributed by atoms with van der Waals surface area (Å²) in [5.41, 5.74) is 1.44. The number of ether oxygens (including phenoxy) is 1. The minimum atomic E-state index is -0.224. The standard InChI is InChI=1S/C15H13FN4OS/c1-21-13-8-6-12(7-9-13)20-15(17-18-19-20)22-10-11-4-2-3-5-14(11)16/h2-9H,10H2,1H3. The summed E-state index contributed by atoms with van der Waals surface area (Å²) < 4.78 is 20.4. The largest absolute Gasteiger partial charge is 0.497 e. The average Bonchev–Trinajstić information content (AvgIpc) is 3.03. The molecule has 22 heavy (non-hydrogen) atoms. The van der Waals surface area contributed by atoms with E-state index in [9.17, 15) is 4.39 Å². The van der Waals surface area contributed by atoms with Gasteiger partial charge in [-0.05, 0) is 46.3 Å². The minimum Gasteiger partial charge on any atom is -0.497 e. The maximum atomic E-state index is 13.6. The van der Waals surface area contributed by atoms with Crippen LogP contribution in [0.2, 0.25) is 0 Å². The molecule has 0 aliphatic rings.